The van der Waals surface area contributed by atoms with Crippen molar-refractivity contribution in [2.75, 3.05) is 13.7 Å². The smallest absolute Gasteiger partial charge is 0.334 e. The zero-order chi connectivity index (χ0) is 13.7. The number of ether oxygens (including phenoxy) is 1. The monoisotopic (exact) mass is 319 g/mol. The molecule has 0 saturated carbocycles. The molecule has 1 atom stereocenters. The van der Waals surface area contributed by atoms with E-state index in [0.717, 1.165) is 0 Å². The Morgan fingerprint density at radius 2 is 2.22 bits per heavy atom. The third-order valence-electron chi connectivity index (χ3n) is 2.20. The molecule has 7 heteroatoms. The van der Waals surface area contributed by atoms with Gasteiger partial charge >= 0.3 is 5.97 Å². The lowest BCUT2D eigenvalue weighted by molar-refractivity contribution is -0.148. The topological polar surface area (TPSA) is 75.6 Å². The SMILES string of the molecule is COC(CNC(=O)c1cccc(Br)c1F)C(=O)O. The zero-order valence-corrected chi connectivity index (χ0v) is 11.0. The fourth-order valence-corrected chi connectivity index (χ4v) is 1.60. The molecular formula is C11H11BrFNO4. The maximum atomic E-state index is 13.6. The van der Waals surface area contributed by atoms with Gasteiger partial charge in [0.1, 0.15) is 5.82 Å². The first-order valence-electron chi connectivity index (χ1n) is 4.95. The zero-order valence-electron chi connectivity index (χ0n) is 9.44. The number of benzene rings is 1. The first kappa shape index (κ1) is 14.6. The molecule has 0 aliphatic carbocycles. The summed E-state index contributed by atoms with van der Waals surface area (Å²) in [6.45, 7) is -0.239. The highest BCUT2D eigenvalue weighted by molar-refractivity contribution is 9.10. The fraction of sp³-hybridized carbons (Fsp3) is 0.273. The van der Waals surface area contributed by atoms with Crippen molar-refractivity contribution in [2.45, 2.75) is 6.10 Å². The molecule has 1 amide bonds. The average molecular weight is 320 g/mol. The first-order valence-corrected chi connectivity index (χ1v) is 5.74. The standard InChI is InChI=1S/C11H11BrFNO4/c1-18-8(11(16)17)5-14-10(15)6-3-2-4-7(12)9(6)13/h2-4,8H,5H2,1H3,(H,14,15)(H,16,17). The van der Waals surface area contributed by atoms with Crippen molar-refractivity contribution in [3.63, 3.8) is 0 Å². The number of hydrogen-bond acceptors (Lipinski definition) is 3. The van der Waals surface area contributed by atoms with E-state index in [0.29, 0.717) is 0 Å². The average Bonchev–Trinajstić information content (AvgIpc) is 2.32. The van der Waals surface area contributed by atoms with E-state index in [4.69, 9.17) is 5.11 Å². The van der Waals surface area contributed by atoms with Crippen molar-refractivity contribution in [2.24, 2.45) is 0 Å². The molecule has 0 saturated heterocycles. The Kier molecular flexibility index (Phi) is 5.24. The molecule has 1 aromatic carbocycles. The number of methoxy groups -OCH3 is 1. The summed E-state index contributed by atoms with van der Waals surface area (Å²) in [6, 6.07) is 4.27. The molecule has 0 aliphatic heterocycles. The van der Waals surface area contributed by atoms with E-state index in [1.807, 2.05) is 0 Å². The van der Waals surface area contributed by atoms with Crippen molar-refractivity contribution in [3.05, 3.63) is 34.1 Å². The molecule has 1 unspecified atom stereocenters. The molecule has 0 aliphatic rings. The van der Waals surface area contributed by atoms with Gasteiger partial charge in [0.15, 0.2) is 6.10 Å². The molecule has 0 spiro atoms. The summed E-state index contributed by atoms with van der Waals surface area (Å²) in [5, 5.41) is 11.0. The summed E-state index contributed by atoms with van der Waals surface area (Å²) in [6.07, 6.45) is -1.16. The molecule has 5 nitrogen and oxygen atoms in total. The predicted molar refractivity (Wildman–Crippen MR) is 64.9 cm³/mol. The van der Waals surface area contributed by atoms with Gasteiger partial charge in [0.2, 0.25) is 0 Å². The second-order valence-electron chi connectivity index (χ2n) is 3.37. The number of aliphatic carboxylic acids is 1. The number of carbonyl (C=O) groups excluding carboxylic acids is 1. The van der Waals surface area contributed by atoms with Gasteiger partial charge in [0.05, 0.1) is 16.6 Å². The van der Waals surface area contributed by atoms with Crippen LogP contribution in [0.1, 0.15) is 10.4 Å². The number of carboxylic acid groups (broad SMARTS) is 1. The molecular weight excluding hydrogens is 309 g/mol. The number of hydrogen-bond donors (Lipinski definition) is 2. The van der Waals surface area contributed by atoms with E-state index < -0.39 is 23.8 Å². The number of halogens is 2. The summed E-state index contributed by atoms with van der Waals surface area (Å²) < 4.78 is 18.4. The molecule has 0 bridgehead atoms. The van der Waals surface area contributed by atoms with Gasteiger partial charge in [-0.25, -0.2) is 9.18 Å². The van der Waals surface area contributed by atoms with Crippen LogP contribution in [0.25, 0.3) is 0 Å². The second kappa shape index (κ2) is 6.46. The van der Waals surface area contributed by atoms with Crippen molar-refractivity contribution >= 4 is 27.8 Å². The van der Waals surface area contributed by atoms with Crippen molar-refractivity contribution in [1.82, 2.24) is 5.32 Å². The van der Waals surface area contributed by atoms with Crippen molar-refractivity contribution in [3.8, 4) is 0 Å². The molecule has 98 valence electrons. The van der Waals surface area contributed by atoms with E-state index in [-0.39, 0.29) is 16.6 Å². The summed E-state index contributed by atoms with van der Waals surface area (Å²) in [5.74, 6) is -2.59. The van der Waals surface area contributed by atoms with E-state index >= 15 is 0 Å². The Bertz CT molecular complexity index is 466. The molecule has 0 fully saturated rings. The summed E-state index contributed by atoms with van der Waals surface area (Å²) in [5.41, 5.74) is -0.162. The summed E-state index contributed by atoms with van der Waals surface area (Å²) >= 11 is 2.96. The van der Waals surface area contributed by atoms with Crippen LogP contribution in [-0.2, 0) is 9.53 Å². The van der Waals surface area contributed by atoms with Crippen LogP contribution in [0.2, 0.25) is 0 Å². The third kappa shape index (κ3) is 3.51. The van der Waals surface area contributed by atoms with Crippen molar-refractivity contribution < 1.29 is 23.8 Å². The number of carboxylic acids is 1. The van der Waals surface area contributed by atoms with Crippen LogP contribution in [0.5, 0.6) is 0 Å². The van der Waals surface area contributed by atoms with Crippen LogP contribution in [0.15, 0.2) is 22.7 Å². The van der Waals surface area contributed by atoms with Crippen molar-refractivity contribution in [1.29, 1.82) is 0 Å². The first-order chi connectivity index (χ1) is 8.47. The van der Waals surface area contributed by atoms with Crippen LogP contribution in [0.3, 0.4) is 0 Å². The molecule has 0 radical (unpaired) electrons. The van der Waals surface area contributed by atoms with E-state index in [2.05, 4.69) is 26.0 Å². The Hall–Kier alpha value is -1.47. The normalized spacial score (nSPS) is 11.9. The maximum absolute atomic E-state index is 13.6. The van der Waals surface area contributed by atoms with E-state index in [1.54, 1.807) is 0 Å². The highest BCUT2D eigenvalue weighted by Crippen LogP contribution is 2.18. The summed E-state index contributed by atoms with van der Waals surface area (Å²) in [7, 11) is 1.21. The van der Waals surface area contributed by atoms with E-state index in [1.165, 1.54) is 25.3 Å². The number of nitrogens with one attached hydrogen (secondary N) is 1. The minimum atomic E-state index is -1.20. The second-order valence-corrected chi connectivity index (χ2v) is 4.23. The van der Waals surface area contributed by atoms with Crippen LogP contribution in [0.4, 0.5) is 4.39 Å². The van der Waals surface area contributed by atoms with Gasteiger partial charge < -0.3 is 15.2 Å². The van der Waals surface area contributed by atoms with Crippen LogP contribution < -0.4 is 5.32 Å². The van der Waals surface area contributed by atoms with Crippen LogP contribution in [0, 0.1) is 5.82 Å². The quantitative estimate of drug-likeness (QED) is 0.860. The van der Waals surface area contributed by atoms with Crippen LogP contribution in [-0.4, -0.2) is 36.7 Å². The Morgan fingerprint density at radius 3 is 2.78 bits per heavy atom. The lowest BCUT2D eigenvalue weighted by Crippen LogP contribution is -2.38. The van der Waals surface area contributed by atoms with Gasteiger partial charge in [0.25, 0.3) is 5.91 Å². The molecule has 1 rings (SSSR count). The lowest BCUT2D eigenvalue weighted by atomic mass is 10.2. The number of carbonyl (C=O) groups is 2. The van der Waals surface area contributed by atoms with Gasteiger partial charge in [-0.1, -0.05) is 6.07 Å². The fourth-order valence-electron chi connectivity index (χ4n) is 1.23. The van der Waals surface area contributed by atoms with Gasteiger partial charge in [-0.15, -0.1) is 0 Å². The lowest BCUT2D eigenvalue weighted by Gasteiger charge is -2.12. The molecule has 1 aromatic rings. The van der Waals surface area contributed by atoms with E-state index in [9.17, 15) is 14.0 Å². The molecule has 0 heterocycles. The highest BCUT2D eigenvalue weighted by atomic mass is 79.9. The third-order valence-corrected chi connectivity index (χ3v) is 2.82. The van der Waals surface area contributed by atoms with Gasteiger partial charge in [0, 0.05) is 7.11 Å². The minimum absolute atomic E-state index is 0.162. The van der Waals surface area contributed by atoms with Gasteiger partial charge in [-0.3, -0.25) is 4.79 Å². The highest BCUT2D eigenvalue weighted by Gasteiger charge is 2.19. The predicted octanol–water partition coefficient (Wildman–Crippen LogP) is 1.42. The summed E-state index contributed by atoms with van der Waals surface area (Å²) in [4.78, 5) is 22.3. The Morgan fingerprint density at radius 1 is 1.56 bits per heavy atom. The Labute approximate surface area is 111 Å². The Balaban J connectivity index is 2.71. The van der Waals surface area contributed by atoms with Gasteiger partial charge in [-0.05, 0) is 28.1 Å². The largest absolute Gasteiger partial charge is 0.479 e. The number of rotatable bonds is 5. The van der Waals surface area contributed by atoms with Gasteiger partial charge in [-0.2, -0.15) is 0 Å². The number of amides is 1. The maximum Gasteiger partial charge on any atom is 0.334 e. The molecule has 0 aromatic heterocycles. The van der Waals surface area contributed by atoms with Crippen LogP contribution >= 0.6 is 15.9 Å². The minimum Gasteiger partial charge on any atom is -0.479 e. The molecule has 2 N–H and O–H groups in total. The molecule has 18 heavy (non-hydrogen) atoms.